The van der Waals surface area contributed by atoms with Crippen molar-refractivity contribution < 1.29 is 29.0 Å². The Labute approximate surface area is 284 Å². The molecule has 0 saturated carbocycles. The Kier molecular flexibility index (Phi) is 10.5. The second-order valence-electron chi connectivity index (χ2n) is 10.7. The zero-order valence-electron chi connectivity index (χ0n) is 26.0. The van der Waals surface area contributed by atoms with Crippen LogP contribution in [0.25, 0.3) is 12.2 Å². The molecule has 2 N–H and O–H groups in total. The van der Waals surface area contributed by atoms with Gasteiger partial charge in [-0.05, 0) is 71.8 Å². The third kappa shape index (κ3) is 8.92. The molecule has 246 valence electrons. The van der Waals surface area contributed by atoms with Crippen LogP contribution in [-0.2, 0) is 0 Å². The molecule has 50 heavy (non-hydrogen) atoms. The first-order valence-corrected chi connectivity index (χ1v) is 14.9. The van der Waals surface area contributed by atoms with E-state index in [0.29, 0.717) is 22.5 Å². The Morgan fingerprint density at radius 1 is 0.480 bits per heavy atom. The lowest BCUT2D eigenvalue weighted by Crippen LogP contribution is -2.12. The summed E-state index contributed by atoms with van der Waals surface area (Å²) in [7, 11) is 0. The van der Waals surface area contributed by atoms with Crippen molar-refractivity contribution in [1.82, 2.24) is 0 Å². The maximum Gasteiger partial charge on any atom is 0.269 e. The summed E-state index contributed by atoms with van der Waals surface area (Å²) in [6.07, 6.45) is 6.08. The summed E-state index contributed by atoms with van der Waals surface area (Å²) < 4.78 is 0. The highest BCUT2D eigenvalue weighted by Crippen LogP contribution is 2.19. The van der Waals surface area contributed by atoms with Gasteiger partial charge < -0.3 is 10.6 Å². The van der Waals surface area contributed by atoms with E-state index in [4.69, 9.17) is 0 Å². The molecule has 5 aromatic rings. The van der Waals surface area contributed by atoms with Crippen LogP contribution in [0.5, 0.6) is 0 Å². The summed E-state index contributed by atoms with van der Waals surface area (Å²) in [4.78, 5) is 71.4. The highest BCUT2D eigenvalue weighted by Gasteiger charge is 2.13. The minimum Gasteiger partial charge on any atom is -0.322 e. The lowest BCUT2D eigenvalue weighted by Gasteiger charge is -2.06. The molecule has 0 unspecified atom stereocenters. The van der Waals surface area contributed by atoms with Crippen molar-refractivity contribution in [2.24, 2.45) is 0 Å². The van der Waals surface area contributed by atoms with Crippen molar-refractivity contribution in [3.63, 3.8) is 0 Å². The van der Waals surface area contributed by atoms with Crippen molar-refractivity contribution in [3.05, 3.63) is 187 Å². The number of ketones is 2. The van der Waals surface area contributed by atoms with Gasteiger partial charge in [0.2, 0.25) is 0 Å². The van der Waals surface area contributed by atoms with Crippen LogP contribution in [0.1, 0.15) is 52.6 Å². The third-order valence-electron chi connectivity index (χ3n) is 7.28. The molecule has 0 spiro atoms. The van der Waals surface area contributed by atoms with E-state index in [1.807, 2.05) is 0 Å². The van der Waals surface area contributed by atoms with Gasteiger partial charge in [0.05, 0.1) is 9.85 Å². The summed E-state index contributed by atoms with van der Waals surface area (Å²) in [5, 5.41) is 27.0. The summed E-state index contributed by atoms with van der Waals surface area (Å²) in [5.41, 5.74) is 3.13. The van der Waals surface area contributed by atoms with Gasteiger partial charge in [-0.2, -0.15) is 0 Å². The van der Waals surface area contributed by atoms with Crippen molar-refractivity contribution >= 4 is 58.3 Å². The number of amides is 2. The monoisotopic (exact) mass is 666 g/mol. The highest BCUT2D eigenvalue weighted by molar-refractivity contribution is 6.10. The number of anilines is 2. The highest BCUT2D eigenvalue weighted by atomic mass is 16.6. The normalized spacial score (nSPS) is 10.9. The van der Waals surface area contributed by atoms with Gasteiger partial charge in [-0.25, -0.2) is 0 Å². The quantitative estimate of drug-likeness (QED) is 0.0586. The maximum atomic E-state index is 12.8. The zero-order chi connectivity index (χ0) is 35.6. The number of allylic oxidation sites excluding steroid dienone is 2. The molecule has 12 heteroatoms. The van der Waals surface area contributed by atoms with Crippen LogP contribution >= 0.6 is 0 Å². The molecule has 0 bridgehead atoms. The smallest absolute Gasteiger partial charge is 0.269 e. The number of non-ortho nitro benzene ring substituents is 2. The van der Waals surface area contributed by atoms with Gasteiger partial charge in [-0.3, -0.25) is 39.4 Å². The van der Waals surface area contributed by atoms with E-state index in [0.717, 1.165) is 11.1 Å². The molecule has 0 atom stereocenters. The summed E-state index contributed by atoms with van der Waals surface area (Å²) >= 11 is 0. The molecule has 0 aliphatic rings. The van der Waals surface area contributed by atoms with Gasteiger partial charge in [-0.1, -0.05) is 60.7 Å². The van der Waals surface area contributed by atoms with Crippen molar-refractivity contribution in [2.45, 2.75) is 0 Å². The SMILES string of the molecule is O=C(/C=C/c1ccc(/C=C/C(=O)c2cccc(NC(=O)c3ccc([N+](=O)[O-])cc3)c2)cc1)c1cccc(NC(=O)c2ccc([N+](=O)[O-])cc2)c1. The van der Waals surface area contributed by atoms with Crippen LogP contribution in [-0.4, -0.2) is 33.2 Å². The number of carbonyl (C=O) groups is 4. The number of hydrogen-bond donors (Lipinski definition) is 2. The molecule has 5 rings (SSSR count). The third-order valence-corrected chi connectivity index (χ3v) is 7.28. The van der Waals surface area contributed by atoms with Gasteiger partial charge in [0.25, 0.3) is 23.2 Å². The lowest BCUT2D eigenvalue weighted by atomic mass is 10.1. The largest absolute Gasteiger partial charge is 0.322 e. The number of benzene rings is 5. The topological polar surface area (TPSA) is 179 Å². The maximum absolute atomic E-state index is 12.8. The standard InChI is InChI=1S/C38H26N4O8/c43-35(29-3-1-5-31(23-29)39-37(45)27-13-17-33(18-14-27)41(47)48)21-11-25-7-9-26(10-8-25)12-22-36(44)30-4-2-6-32(24-30)40-38(46)28-15-19-34(20-16-28)42(49)50/h1-24H,(H,39,45)(H,40,46)/b21-11+,22-12+. The zero-order valence-corrected chi connectivity index (χ0v) is 26.0. The van der Waals surface area contributed by atoms with E-state index < -0.39 is 21.7 Å². The van der Waals surface area contributed by atoms with E-state index in [2.05, 4.69) is 10.6 Å². The predicted octanol–water partition coefficient (Wildman–Crippen LogP) is 7.80. The minimum absolute atomic E-state index is 0.130. The van der Waals surface area contributed by atoms with Crippen LogP contribution < -0.4 is 10.6 Å². The number of rotatable bonds is 12. The van der Waals surface area contributed by atoms with Crippen LogP contribution in [0.3, 0.4) is 0 Å². The molecule has 0 saturated heterocycles. The molecule has 0 radical (unpaired) electrons. The Morgan fingerprint density at radius 3 is 1.18 bits per heavy atom. The van der Waals surface area contributed by atoms with E-state index >= 15 is 0 Å². The van der Waals surface area contributed by atoms with Gasteiger partial charge >= 0.3 is 0 Å². The fourth-order valence-corrected chi connectivity index (χ4v) is 4.63. The van der Waals surface area contributed by atoms with Crippen LogP contribution in [0.2, 0.25) is 0 Å². The molecular formula is C38H26N4O8. The molecule has 12 nitrogen and oxygen atoms in total. The Hall–Kier alpha value is -7.34. The minimum atomic E-state index is -0.553. The Morgan fingerprint density at radius 2 is 0.840 bits per heavy atom. The van der Waals surface area contributed by atoms with Gasteiger partial charge in [0.1, 0.15) is 0 Å². The second-order valence-corrected chi connectivity index (χ2v) is 10.7. The Balaban J connectivity index is 1.15. The van der Waals surface area contributed by atoms with Gasteiger partial charge in [-0.15, -0.1) is 0 Å². The number of carbonyl (C=O) groups excluding carboxylic acids is 4. The van der Waals surface area contributed by atoms with Crippen LogP contribution in [0.15, 0.2) is 133 Å². The van der Waals surface area contributed by atoms with Gasteiger partial charge in [0, 0.05) is 57.9 Å². The average molecular weight is 667 g/mol. The van der Waals surface area contributed by atoms with E-state index in [-0.39, 0.29) is 34.1 Å². The molecule has 0 aromatic heterocycles. The summed E-state index contributed by atoms with van der Waals surface area (Å²) in [6, 6.07) is 30.3. The van der Waals surface area contributed by atoms with Crippen molar-refractivity contribution in [3.8, 4) is 0 Å². The fraction of sp³-hybridized carbons (Fsp3) is 0. The van der Waals surface area contributed by atoms with Gasteiger partial charge in [0.15, 0.2) is 11.6 Å². The van der Waals surface area contributed by atoms with E-state index in [1.54, 1.807) is 72.8 Å². The number of nitrogens with one attached hydrogen (secondary N) is 2. The first-order chi connectivity index (χ1) is 24.0. The van der Waals surface area contributed by atoms with Crippen molar-refractivity contribution in [2.75, 3.05) is 10.6 Å². The van der Waals surface area contributed by atoms with Crippen molar-refractivity contribution in [1.29, 1.82) is 0 Å². The summed E-state index contributed by atoms with van der Waals surface area (Å²) in [5.74, 6) is -1.54. The molecule has 5 aromatic carbocycles. The average Bonchev–Trinajstić information content (AvgIpc) is 3.13. The molecule has 0 fully saturated rings. The number of nitro groups is 2. The first kappa shape index (κ1) is 34.0. The number of nitrogens with zero attached hydrogens (tertiary/aromatic N) is 2. The molecule has 0 aliphatic carbocycles. The fourth-order valence-electron chi connectivity index (χ4n) is 4.63. The van der Waals surface area contributed by atoms with Crippen LogP contribution in [0.4, 0.5) is 22.7 Å². The molecular weight excluding hydrogens is 640 g/mol. The molecule has 2 amide bonds. The van der Waals surface area contributed by atoms with E-state index in [9.17, 15) is 39.4 Å². The molecule has 0 heterocycles. The molecule has 0 aliphatic heterocycles. The predicted molar refractivity (Wildman–Crippen MR) is 188 cm³/mol. The number of nitro benzene ring substituents is 2. The van der Waals surface area contributed by atoms with Crippen LogP contribution in [0, 0.1) is 20.2 Å². The Bertz CT molecular complexity index is 2020. The second kappa shape index (κ2) is 15.5. The summed E-state index contributed by atoms with van der Waals surface area (Å²) in [6.45, 7) is 0. The first-order valence-electron chi connectivity index (χ1n) is 14.9. The van der Waals surface area contributed by atoms with E-state index in [1.165, 1.54) is 72.8 Å². The number of hydrogen-bond acceptors (Lipinski definition) is 8. The lowest BCUT2D eigenvalue weighted by molar-refractivity contribution is -0.385.